The standard InChI is InChI=1S/C15H8F4N2O2/c16-9-2-3-11(15(17,18)19)10(7-9)12-4-1-8-5-6-21(14(22)23)13(8)20-12/h1-7H,(H,22,23). The van der Waals surface area contributed by atoms with Crippen molar-refractivity contribution >= 4 is 17.1 Å². The smallest absolute Gasteiger partial charge is 0.417 e. The molecule has 0 spiro atoms. The summed E-state index contributed by atoms with van der Waals surface area (Å²) in [5.41, 5.74) is -1.67. The molecule has 3 aromatic rings. The predicted molar refractivity (Wildman–Crippen MR) is 73.6 cm³/mol. The molecule has 0 radical (unpaired) electrons. The fourth-order valence-corrected chi connectivity index (χ4v) is 2.29. The summed E-state index contributed by atoms with van der Waals surface area (Å²) in [5, 5.41) is 9.49. The second-order valence-electron chi connectivity index (χ2n) is 4.77. The lowest BCUT2D eigenvalue weighted by molar-refractivity contribution is -0.137. The number of benzene rings is 1. The summed E-state index contributed by atoms with van der Waals surface area (Å²) >= 11 is 0. The number of carboxylic acid groups (broad SMARTS) is 1. The van der Waals surface area contributed by atoms with E-state index in [4.69, 9.17) is 5.11 Å². The summed E-state index contributed by atoms with van der Waals surface area (Å²) in [4.78, 5) is 15.0. The van der Waals surface area contributed by atoms with E-state index < -0.39 is 29.2 Å². The highest BCUT2D eigenvalue weighted by Crippen LogP contribution is 2.37. The Hall–Kier alpha value is -2.90. The van der Waals surface area contributed by atoms with Crippen molar-refractivity contribution in [2.45, 2.75) is 6.18 Å². The van der Waals surface area contributed by atoms with Crippen molar-refractivity contribution in [1.82, 2.24) is 9.55 Å². The van der Waals surface area contributed by atoms with E-state index in [-0.39, 0.29) is 11.3 Å². The maximum Gasteiger partial charge on any atom is 0.417 e. The molecule has 4 nitrogen and oxygen atoms in total. The van der Waals surface area contributed by atoms with E-state index in [1.54, 1.807) is 0 Å². The zero-order valence-electron chi connectivity index (χ0n) is 11.3. The largest absolute Gasteiger partial charge is 0.464 e. The number of carbonyl (C=O) groups is 1. The first-order valence-electron chi connectivity index (χ1n) is 6.36. The van der Waals surface area contributed by atoms with Crippen LogP contribution in [0, 0.1) is 5.82 Å². The Morgan fingerprint density at radius 3 is 2.52 bits per heavy atom. The van der Waals surface area contributed by atoms with Gasteiger partial charge in [-0.2, -0.15) is 13.2 Å². The lowest BCUT2D eigenvalue weighted by atomic mass is 10.0. The molecule has 23 heavy (non-hydrogen) atoms. The third-order valence-electron chi connectivity index (χ3n) is 3.31. The normalized spacial score (nSPS) is 11.8. The molecule has 0 saturated heterocycles. The molecule has 0 fully saturated rings. The molecule has 0 bridgehead atoms. The third kappa shape index (κ3) is 2.63. The van der Waals surface area contributed by atoms with Crippen LogP contribution in [0.4, 0.5) is 22.4 Å². The second kappa shape index (κ2) is 5.08. The van der Waals surface area contributed by atoms with Crippen LogP contribution in [0.3, 0.4) is 0 Å². The lowest BCUT2D eigenvalue weighted by Gasteiger charge is -2.12. The molecule has 0 atom stereocenters. The van der Waals surface area contributed by atoms with E-state index in [1.807, 2.05) is 0 Å². The maximum absolute atomic E-state index is 13.4. The molecule has 0 aliphatic rings. The highest BCUT2D eigenvalue weighted by atomic mass is 19.4. The summed E-state index contributed by atoms with van der Waals surface area (Å²) in [5.74, 6) is -0.844. The first-order valence-corrected chi connectivity index (χ1v) is 6.36. The van der Waals surface area contributed by atoms with Gasteiger partial charge in [0.05, 0.1) is 11.3 Å². The van der Waals surface area contributed by atoms with Gasteiger partial charge in [-0.15, -0.1) is 0 Å². The van der Waals surface area contributed by atoms with Crippen molar-refractivity contribution < 1.29 is 27.5 Å². The number of rotatable bonds is 1. The zero-order chi connectivity index (χ0) is 16.8. The molecule has 0 amide bonds. The van der Waals surface area contributed by atoms with Crippen LogP contribution in [0.5, 0.6) is 0 Å². The third-order valence-corrected chi connectivity index (χ3v) is 3.31. The summed E-state index contributed by atoms with van der Waals surface area (Å²) in [6.07, 6.45) is -4.77. The first kappa shape index (κ1) is 15.0. The number of halogens is 4. The molecule has 1 aromatic carbocycles. The Kier molecular flexibility index (Phi) is 3.32. The summed E-state index contributed by atoms with van der Waals surface area (Å²) in [7, 11) is 0. The Morgan fingerprint density at radius 1 is 1.13 bits per heavy atom. The van der Waals surface area contributed by atoms with Gasteiger partial charge in [0, 0.05) is 17.1 Å². The van der Waals surface area contributed by atoms with Gasteiger partial charge in [0.25, 0.3) is 0 Å². The van der Waals surface area contributed by atoms with E-state index in [2.05, 4.69) is 4.98 Å². The number of pyridine rings is 1. The minimum atomic E-state index is -4.69. The van der Waals surface area contributed by atoms with E-state index in [0.717, 1.165) is 10.6 Å². The molecule has 2 aromatic heterocycles. The van der Waals surface area contributed by atoms with Crippen molar-refractivity contribution in [2.75, 3.05) is 0 Å². The van der Waals surface area contributed by atoms with Crippen molar-refractivity contribution in [3.05, 3.63) is 54.0 Å². The van der Waals surface area contributed by atoms with Crippen molar-refractivity contribution in [3.63, 3.8) is 0 Å². The molecular weight excluding hydrogens is 316 g/mol. The Bertz CT molecular complexity index is 915. The van der Waals surface area contributed by atoms with E-state index in [0.29, 0.717) is 17.5 Å². The summed E-state index contributed by atoms with van der Waals surface area (Å²) < 4.78 is 53.4. The summed E-state index contributed by atoms with van der Waals surface area (Å²) in [6.45, 7) is 0. The van der Waals surface area contributed by atoms with Gasteiger partial charge >= 0.3 is 12.3 Å². The number of hydrogen-bond acceptors (Lipinski definition) is 2. The molecule has 8 heteroatoms. The topological polar surface area (TPSA) is 55.1 Å². The molecule has 0 aliphatic heterocycles. The van der Waals surface area contributed by atoms with Crippen LogP contribution in [-0.4, -0.2) is 20.8 Å². The van der Waals surface area contributed by atoms with Gasteiger partial charge in [0.1, 0.15) is 11.5 Å². The molecule has 1 N–H and O–H groups in total. The molecule has 0 saturated carbocycles. The van der Waals surface area contributed by atoms with Gasteiger partial charge in [-0.05, 0) is 36.4 Å². The average Bonchev–Trinajstić information content (AvgIpc) is 2.88. The minimum absolute atomic E-state index is 0.0209. The van der Waals surface area contributed by atoms with Gasteiger partial charge in [-0.3, -0.25) is 0 Å². The minimum Gasteiger partial charge on any atom is -0.464 e. The van der Waals surface area contributed by atoms with Crippen LogP contribution in [0.1, 0.15) is 5.56 Å². The number of fused-ring (bicyclic) bond motifs is 1. The first-order chi connectivity index (χ1) is 10.8. The number of hydrogen-bond donors (Lipinski definition) is 1. The van der Waals surface area contributed by atoms with Gasteiger partial charge in [-0.25, -0.2) is 18.7 Å². The van der Waals surface area contributed by atoms with E-state index >= 15 is 0 Å². The molecular formula is C15H8F4N2O2. The fourth-order valence-electron chi connectivity index (χ4n) is 2.29. The van der Waals surface area contributed by atoms with Crippen LogP contribution in [-0.2, 0) is 6.18 Å². The van der Waals surface area contributed by atoms with Crippen LogP contribution in [0.15, 0.2) is 42.6 Å². The Morgan fingerprint density at radius 2 is 1.87 bits per heavy atom. The SMILES string of the molecule is O=C(O)n1ccc2ccc(-c3cc(F)ccc3C(F)(F)F)nc21. The van der Waals surface area contributed by atoms with E-state index in [9.17, 15) is 22.4 Å². The molecule has 118 valence electrons. The van der Waals surface area contributed by atoms with Crippen LogP contribution in [0.2, 0.25) is 0 Å². The molecule has 0 aliphatic carbocycles. The molecule has 0 unspecified atom stereocenters. The highest BCUT2D eigenvalue weighted by molar-refractivity contribution is 5.87. The van der Waals surface area contributed by atoms with Crippen molar-refractivity contribution in [2.24, 2.45) is 0 Å². The highest BCUT2D eigenvalue weighted by Gasteiger charge is 2.34. The van der Waals surface area contributed by atoms with Gasteiger partial charge in [-0.1, -0.05) is 0 Å². The van der Waals surface area contributed by atoms with Gasteiger partial charge in [0.15, 0.2) is 0 Å². The Balaban J connectivity index is 2.26. The van der Waals surface area contributed by atoms with Crippen molar-refractivity contribution in [1.29, 1.82) is 0 Å². The fraction of sp³-hybridized carbons (Fsp3) is 0.0667. The molecule has 3 rings (SSSR count). The van der Waals surface area contributed by atoms with Crippen molar-refractivity contribution in [3.8, 4) is 11.3 Å². The van der Waals surface area contributed by atoms with Gasteiger partial charge < -0.3 is 5.11 Å². The van der Waals surface area contributed by atoms with Crippen LogP contribution in [0.25, 0.3) is 22.3 Å². The molecule has 2 heterocycles. The monoisotopic (exact) mass is 324 g/mol. The number of nitrogens with zero attached hydrogens (tertiary/aromatic N) is 2. The summed E-state index contributed by atoms with van der Waals surface area (Å²) in [6, 6.07) is 6.26. The average molecular weight is 324 g/mol. The van der Waals surface area contributed by atoms with Crippen LogP contribution >= 0.6 is 0 Å². The second-order valence-corrected chi connectivity index (χ2v) is 4.77. The number of alkyl halides is 3. The predicted octanol–water partition coefficient (Wildman–Crippen LogP) is 4.39. The zero-order valence-corrected chi connectivity index (χ0v) is 11.3. The number of aromatic nitrogens is 2. The maximum atomic E-state index is 13.4. The van der Waals surface area contributed by atoms with E-state index in [1.165, 1.54) is 24.4 Å². The van der Waals surface area contributed by atoms with Crippen LogP contribution < -0.4 is 0 Å². The van der Waals surface area contributed by atoms with Gasteiger partial charge in [0.2, 0.25) is 0 Å². The Labute approximate surface area is 126 Å². The quantitative estimate of drug-likeness (QED) is 0.676. The lowest BCUT2D eigenvalue weighted by Crippen LogP contribution is -2.09.